The molecule has 0 saturated heterocycles. The number of thiazole rings is 1. The molecule has 2 rings (SSSR count). The number of quaternary nitrogens is 1. The number of nitrogens with one attached hydrogen (secondary N) is 1. The maximum atomic E-state index is 12.0. The van der Waals surface area contributed by atoms with Gasteiger partial charge in [0, 0.05) is 23.1 Å². The molecule has 0 bridgehead atoms. The third-order valence-electron chi connectivity index (χ3n) is 2.90. The fourth-order valence-corrected chi connectivity index (χ4v) is 2.48. The van der Waals surface area contributed by atoms with Gasteiger partial charge in [0.2, 0.25) is 0 Å². The van der Waals surface area contributed by atoms with Crippen LogP contribution >= 0.6 is 43.9 Å². The summed E-state index contributed by atoms with van der Waals surface area (Å²) in [5.41, 5.74) is 5.73. The molecular formula is C14H15Br2F3N3O2S+. The van der Waals surface area contributed by atoms with Crippen LogP contribution in [-0.2, 0) is 9.46 Å². The van der Waals surface area contributed by atoms with E-state index >= 15 is 0 Å². The molecule has 5 nitrogen and oxygen atoms in total. The summed E-state index contributed by atoms with van der Waals surface area (Å²) in [6, 6.07) is 6.59. The number of hydrogen-bond donors (Lipinski definition) is 2. The number of amides is 1. The summed E-state index contributed by atoms with van der Waals surface area (Å²) < 4.78 is 39.9. The Kier molecular flexibility index (Phi) is 9.57. The molecule has 1 aromatic heterocycles. The lowest BCUT2D eigenvalue weighted by Gasteiger charge is -2.08. The van der Waals surface area contributed by atoms with Gasteiger partial charge >= 0.3 is 6.18 Å². The number of benzene rings is 1. The molecule has 0 atom stereocenters. The van der Waals surface area contributed by atoms with Gasteiger partial charge in [0.15, 0.2) is 0 Å². The summed E-state index contributed by atoms with van der Waals surface area (Å²) in [7, 11) is 0. The molecule has 0 aliphatic heterocycles. The molecule has 4 N–H and O–H groups in total. The summed E-state index contributed by atoms with van der Waals surface area (Å²) in [5, 5.41) is 5.07. The van der Waals surface area contributed by atoms with Gasteiger partial charge in [0.1, 0.15) is 44.1 Å². The summed E-state index contributed by atoms with van der Waals surface area (Å²) in [4.78, 5) is 16.1. The van der Waals surface area contributed by atoms with E-state index in [-0.39, 0.29) is 0 Å². The zero-order valence-corrected chi connectivity index (χ0v) is 16.8. The summed E-state index contributed by atoms with van der Waals surface area (Å²) in [6.07, 6.45) is -5.31. The van der Waals surface area contributed by atoms with Crippen LogP contribution in [0.25, 0.3) is 11.3 Å². The van der Waals surface area contributed by atoms with E-state index < -0.39 is 25.0 Å². The van der Waals surface area contributed by atoms with Crippen LogP contribution in [0.4, 0.5) is 13.2 Å². The van der Waals surface area contributed by atoms with Gasteiger partial charge in [-0.1, -0.05) is 12.1 Å². The number of carbonyl (C=O) groups excluding carboxylic acids is 1. The van der Waals surface area contributed by atoms with Crippen LogP contribution < -0.4 is 11.1 Å². The molecule has 11 heteroatoms. The average Bonchev–Trinajstić information content (AvgIpc) is 3.03. The lowest BCUT2D eigenvalue weighted by molar-refractivity contribution is -0.386. The summed E-state index contributed by atoms with van der Waals surface area (Å²) in [6.45, 7) is 0.188. The third kappa shape index (κ3) is 8.27. The molecule has 0 fully saturated rings. The third-order valence-corrected chi connectivity index (χ3v) is 3.81. The van der Waals surface area contributed by atoms with Crippen LogP contribution in [0.15, 0.2) is 29.6 Å². The van der Waals surface area contributed by atoms with Gasteiger partial charge in [-0.05, 0) is 12.1 Å². The lowest BCUT2D eigenvalue weighted by Crippen LogP contribution is -2.47. The number of aromatic nitrogens is 1. The summed E-state index contributed by atoms with van der Waals surface area (Å²) in [5.74, 6) is -0.521. The van der Waals surface area contributed by atoms with Crippen LogP contribution in [0.2, 0.25) is 0 Å². The molecule has 1 aromatic carbocycles. The van der Waals surface area contributed by atoms with Crippen LogP contribution in [0.1, 0.15) is 21.8 Å². The van der Waals surface area contributed by atoms with Crippen molar-refractivity contribution < 1.29 is 26.6 Å². The molecule has 1 amide bonds. The Morgan fingerprint density at radius 1 is 1.28 bits per heavy atom. The largest absolute Gasteiger partial charge is 0.390 e. The standard InChI is InChI=1S/C14H14F3N3OS.Br2O/c15-14(16,17)5-6-19-13(21)10-3-1-9(2-4-10)11-8-22-12(7-18)20-11;1-3-2/h1-4,8H,5-7,18H2,(H,19,21);/p+1. The van der Waals surface area contributed by atoms with E-state index in [1.54, 1.807) is 24.3 Å². The van der Waals surface area contributed by atoms with E-state index in [4.69, 9.17) is 0 Å². The second kappa shape index (κ2) is 10.9. The monoisotopic (exact) mass is 504 g/mol. The van der Waals surface area contributed by atoms with E-state index in [1.807, 2.05) is 5.38 Å². The van der Waals surface area contributed by atoms with E-state index in [0.29, 0.717) is 12.1 Å². The minimum Gasteiger partial charge on any atom is -0.352 e. The Balaban J connectivity index is 0.000000970. The Bertz CT molecular complexity index is 666. The first kappa shape index (κ1) is 22.0. The van der Waals surface area contributed by atoms with Crippen molar-refractivity contribution in [1.82, 2.24) is 10.3 Å². The lowest BCUT2D eigenvalue weighted by atomic mass is 10.1. The molecule has 2 aromatic rings. The van der Waals surface area contributed by atoms with E-state index in [9.17, 15) is 18.0 Å². The number of hydrogen-bond acceptors (Lipinski definition) is 4. The molecule has 0 aliphatic rings. The van der Waals surface area contributed by atoms with Gasteiger partial charge in [0.25, 0.3) is 5.91 Å². The first-order valence-corrected chi connectivity index (χ1v) is 9.06. The van der Waals surface area contributed by atoms with E-state index in [1.165, 1.54) is 11.3 Å². The average molecular weight is 506 g/mol. The second-order valence-electron chi connectivity index (χ2n) is 4.63. The van der Waals surface area contributed by atoms with Crippen LogP contribution in [0, 0.1) is 0 Å². The number of halogens is 5. The van der Waals surface area contributed by atoms with Crippen molar-refractivity contribution in [3.05, 3.63) is 40.2 Å². The maximum absolute atomic E-state index is 12.0. The van der Waals surface area contributed by atoms with Gasteiger partial charge in [-0.2, -0.15) is 13.2 Å². The van der Waals surface area contributed by atoms with Crippen molar-refractivity contribution in [2.45, 2.75) is 19.1 Å². The van der Waals surface area contributed by atoms with Crippen LogP contribution in [-0.4, -0.2) is 23.6 Å². The molecule has 0 unspecified atom stereocenters. The fourth-order valence-electron chi connectivity index (χ4n) is 1.77. The molecule has 1 heterocycles. The number of alkyl halides is 3. The number of nitrogens with zero attached hydrogens (tertiary/aromatic N) is 1. The van der Waals surface area contributed by atoms with Gasteiger partial charge in [-0.15, -0.1) is 11.3 Å². The van der Waals surface area contributed by atoms with Crippen molar-refractivity contribution in [2.24, 2.45) is 0 Å². The van der Waals surface area contributed by atoms with Crippen molar-refractivity contribution in [1.29, 1.82) is 0 Å². The maximum Gasteiger partial charge on any atom is 0.390 e. The summed E-state index contributed by atoms with van der Waals surface area (Å²) >= 11 is 6.63. The molecule has 0 radical (unpaired) electrons. The quantitative estimate of drug-likeness (QED) is 0.647. The normalized spacial score (nSPS) is 10.8. The SMILES string of the molecule is BrOBr.[NH3+]Cc1nc(-c2ccc(C(=O)NCCC(F)(F)F)cc2)cs1. The van der Waals surface area contributed by atoms with Crippen LogP contribution in [0.3, 0.4) is 0 Å². The van der Waals surface area contributed by atoms with Crippen molar-refractivity contribution in [3.63, 3.8) is 0 Å². The Hall–Kier alpha value is -1.01. The Morgan fingerprint density at radius 3 is 2.36 bits per heavy atom. The first-order chi connectivity index (χ1) is 11.8. The van der Waals surface area contributed by atoms with E-state index in [2.05, 4.69) is 51.5 Å². The fraction of sp³-hybridized carbons (Fsp3) is 0.286. The van der Waals surface area contributed by atoms with E-state index in [0.717, 1.165) is 16.3 Å². The highest BCUT2D eigenvalue weighted by molar-refractivity contribution is 9.18. The molecule has 138 valence electrons. The molecule has 0 saturated carbocycles. The number of rotatable bonds is 5. The minimum atomic E-state index is -4.27. The topological polar surface area (TPSA) is 78.9 Å². The van der Waals surface area contributed by atoms with Gasteiger partial charge < -0.3 is 11.1 Å². The molecular weight excluding hydrogens is 491 g/mol. The zero-order valence-electron chi connectivity index (χ0n) is 12.8. The number of carbonyl (C=O) groups is 1. The molecule has 25 heavy (non-hydrogen) atoms. The smallest absolute Gasteiger partial charge is 0.352 e. The predicted molar refractivity (Wildman–Crippen MR) is 96.1 cm³/mol. The molecule has 0 spiro atoms. The van der Waals surface area contributed by atoms with Gasteiger partial charge in [0.05, 0.1) is 12.1 Å². The van der Waals surface area contributed by atoms with Crippen LogP contribution in [0.5, 0.6) is 0 Å². The van der Waals surface area contributed by atoms with Gasteiger partial charge in [-0.25, -0.2) is 7.90 Å². The predicted octanol–water partition coefficient (Wildman–Crippen LogP) is 3.86. The van der Waals surface area contributed by atoms with Crippen molar-refractivity contribution in [2.75, 3.05) is 6.54 Å². The minimum absolute atomic E-state index is 0.318. The van der Waals surface area contributed by atoms with Crippen molar-refractivity contribution >= 4 is 49.8 Å². The highest BCUT2D eigenvalue weighted by Crippen LogP contribution is 2.22. The Labute approximate surface area is 163 Å². The zero-order chi connectivity index (χ0) is 18.9. The molecule has 0 aliphatic carbocycles. The Morgan fingerprint density at radius 2 is 1.88 bits per heavy atom. The first-order valence-electron chi connectivity index (χ1n) is 6.89. The van der Waals surface area contributed by atoms with Crippen molar-refractivity contribution in [3.8, 4) is 11.3 Å². The van der Waals surface area contributed by atoms with Gasteiger partial charge in [-0.3, -0.25) is 4.79 Å². The highest BCUT2D eigenvalue weighted by Gasteiger charge is 2.26. The second-order valence-corrected chi connectivity index (χ2v) is 7.09. The highest BCUT2D eigenvalue weighted by atomic mass is 79.9.